The van der Waals surface area contributed by atoms with Gasteiger partial charge in [0.1, 0.15) is 0 Å². The van der Waals surface area contributed by atoms with Crippen molar-refractivity contribution >= 4 is 17.7 Å². The van der Waals surface area contributed by atoms with E-state index < -0.39 is 11.0 Å². The lowest BCUT2D eigenvalue weighted by molar-refractivity contribution is -0.154. The molecule has 1 N–H and O–H groups in total. The van der Waals surface area contributed by atoms with Crippen molar-refractivity contribution in [2.24, 2.45) is 11.3 Å². The molecule has 1 saturated carbocycles. The SMILES string of the molecule is CC(=O)N1CCN(C(=O)c2cn(CC3(O)CCN(C(=O)CCC4CCCCC4)CC3(C)C)c(=O)cc2-c2ccccc2)CC1. The summed E-state index contributed by atoms with van der Waals surface area (Å²) in [6, 6.07) is 10.9. The number of nitrogens with zero attached hydrogens (tertiary/aromatic N) is 4. The molecule has 0 bridgehead atoms. The summed E-state index contributed by atoms with van der Waals surface area (Å²) < 4.78 is 1.47. The molecule has 1 aliphatic carbocycles. The molecule has 3 amide bonds. The molecule has 2 saturated heterocycles. The third-order valence-electron chi connectivity index (χ3n) is 10.4. The van der Waals surface area contributed by atoms with E-state index in [9.17, 15) is 24.3 Å². The Hall–Kier alpha value is -3.46. The molecule has 3 heterocycles. The number of aliphatic hydroxyl groups is 1. The lowest BCUT2D eigenvalue weighted by Gasteiger charge is -2.50. The lowest BCUT2D eigenvalue weighted by atomic mass is 9.69. The second-order valence-electron chi connectivity index (χ2n) is 13.8. The molecule has 3 aliphatic rings. The van der Waals surface area contributed by atoms with Crippen LogP contribution in [0.25, 0.3) is 11.1 Å². The van der Waals surface area contributed by atoms with Gasteiger partial charge in [0.05, 0.1) is 17.7 Å². The summed E-state index contributed by atoms with van der Waals surface area (Å²) in [4.78, 5) is 57.8. The van der Waals surface area contributed by atoms with E-state index in [-0.39, 0.29) is 29.8 Å². The zero-order valence-corrected chi connectivity index (χ0v) is 26.6. The van der Waals surface area contributed by atoms with Gasteiger partial charge < -0.3 is 24.4 Å². The zero-order valence-electron chi connectivity index (χ0n) is 26.6. The average molecular weight is 605 g/mol. The first-order chi connectivity index (χ1) is 21.0. The highest BCUT2D eigenvalue weighted by Gasteiger charge is 2.49. The monoisotopic (exact) mass is 604 g/mol. The smallest absolute Gasteiger partial charge is 0.256 e. The Balaban J connectivity index is 1.35. The summed E-state index contributed by atoms with van der Waals surface area (Å²) in [5.41, 5.74) is -0.507. The van der Waals surface area contributed by atoms with Crippen LogP contribution < -0.4 is 5.56 Å². The van der Waals surface area contributed by atoms with E-state index >= 15 is 0 Å². The van der Waals surface area contributed by atoms with E-state index in [2.05, 4.69) is 0 Å². The average Bonchev–Trinajstić information content (AvgIpc) is 3.02. The molecule has 9 nitrogen and oxygen atoms in total. The van der Waals surface area contributed by atoms with Gasteiger partial charge in [-0.05, 0) is 24.3 Å². The Kier molecular flexibility index (Phi) is 9.63. The van der Waals surface area contributed by atoms with Gasteiger partial charge in [-0.3, -0.25) is 19.2 Å². The van der Waals surface area contributed by atoms with Gasteiger partial charge in [-0.15, -0.1) is 0 Å². The fraction of sp³-hybridized carbons (Fsp3) is 0.600. The Morgan fingerprint density at radius 1 is 0.909 bits per heavy atom. The van der Waals surface area contributed by atoms with Crippen molar-refractivity contribution in [3.8, 4) is 11.1 Å². The number of aromatic nitrogens is 1. The number of hydrogen-bond donors (Lipinski definition) is 1. The first-order valence-electron chi connectivity index (χ1n) is 16.3. The summed E-state index contributed by atoms with van der Waals surface area (Å²) >= 11 is 0. The van der Waals surface area contributed by atoms with Crippen molar-refractivity contribution in [1.29, 1.82) is 0 Å². The molecule has 0 radical (unpaired) electrons. The molecule has 2 aliphatic heterocycles. The van der Waals surface area contributed by atoms with E-state index in [0.29, 0.717) is 69.2 Å². The van der Waals surface area contributed by atoms with Crippen LogP contribution in [-0.4, -0.2) is 87.0 Å². The van der Waals surface area contributed by atoms with Gasteiger partial charge in [0.2, 0.25) is 11.8 Å². The quantitative estimate of drug-likeness (QED) is 0.511. The van der Waals surface area contributed by atoms with E-state index in [4.69, 9.17) is 0 Å². The van der Waals surface area contributed by atoms with Gasteiger partial charge in [-0.2, -0.15) is 0 Å². The first kappa shape index (κ1) is 31.9. The van der Waals surface area contributed by atoms with Crippen molar-refractivity contribution in [2.75, 3.05) is 39.3 Å². The minimum Gasteiger partial charge on any atom is -0.387 e. The fourth-order valence-electron chi connectivity index (χ4n) is 7.23. The van der Waals surface area contributed by atoms with Gasteiger partial charge in [-0.1, -0.05) is 76.3 Å². The molecule has 9 heteroatoms. The predicted octanol–water partition coefficient (Wildman–Crippen LogP) is 4.17. The van der Waals surface area contributed by atoms with Gasteiger partial charge in [0.25, 0.3) is 11.5 Å². The molecule has 1 unspecified atom stereocenters. The summed E-state index contributed by atoms with van der Waals surface area (Å²) in [7, 11) is 0. The van der Waals surface area contributed by atoms with Gasteiger partial charge in [0.15, 0.2) is 0 Å². The minimum absolute atomic E-state index is 0.0107. The first-order valence-corrected chi connectivity index (χ1v) is 16.3. The minimum atomic E-state index is -1.25. The van der Waals surface area contributed by atoms with Crippen LogP contribution in [0.2, 0.25) is 0 Å². The third-order valence-corrected chi connectivity index (χ3v) is 10.4. The van der Waals surface area contributed by atoms with Crippen molar-refractivity contribution in [3.63, 3.8) is 0 Å². The molecule has 0 spiro atoms. The molecule has 3 fully saturated rings. The maximum atomic E-state index is 13.9. The number of piperazine rings is 1. The van der Waals surface area contributed by atoms with Crippen LogP contribution in [0.15, 0.2) is 47.4 Å². The Morgan fingerprint density at radius 3 is 2.20 bits per heavy atom. The molecule has 238 valence electrons. The molecule has 44 heavy (non-hydrogen) atoms. The second kappa shape index (κ2) is 13.3. The highest BCUT2D eigenvalue weighted by molar-refractivity contribution is 6.00. The summed E-state index contributed by atoms with van der Waals surface area (Å²) in [5, 5.41) is 12.0. The number of hydrogen-bond acceptors (Lipinski definition) is 5. The third kappa shape index (κ3) is 6.93. The van der Waals surface area contributed by atoms with Crippen LogP contribution in [0.3, 0.4) is 0 Å². The highest BCUT2D eigenvalue weighted by atomic mass is 16.3. The maximum absolute atomic E-state index is 13.9. The molecule has 1 aromatic carbocycles. The van der Waals surface area contributed by atoms with Crippen LogP contribution >= 0.6 is 0 Å². The second-order valence-corrected chi connectivity index (χ2v) is 13.8. The Morgan fingerprint density at radius 2 is 1.57 bits per heavy atom. The normalized spacial score (nSPS) is 22.6. The van der Waals surface area contributed by atoms with Crippen LogP contribution in [0.5, 0.6) is 0 Å². The molecule has 5 rings (SSSR count). The highest BCUT2D eigenvalue weighted by Crippen LogP contribution is 2.40. The number of carbonyl (C=O) groups excluding carboxylic acids is 3. The molecule has 1 aromatic heterocycles. The number of carbonyl (C=O) groups is 3. The number of pyridine rings is 1. The number of likely N-dealkylation sites (tertiary alicyclic amines) is 1. The molecular formula is C35H48N4O5. The van der Waals surface area contributed by atoms with Crippen LogP contribution in [0.1, 0.15) is 82.5 Å². The summed E-state index contributed by atoms with van der Waals surface area (Å²) in [6.45, 7) is 8.07. The van der Waals surface area contributed by atoms with E-state index in [1.54, 1.807) is 16.0 Å². The van der Waals surface area contributed by atoms with Crippen molar-refractivity contribution < 1.29 is 19.5 Å². The van der Waals surface area contributed by atoms with Gasteiger partial charge in [0, 0.05) is 75.9 Å². The van der Waals surface area contributed by atoms with Crippen molar-refractivity contribution in [1.82, 2.24) is 19.3 Å². The largest absolute Gasteiger partial charge is 0.387 e. The van der Waals surface area contributed by atoms with E-state index in [1.807, 2.05) is 49.1 Å². The number of amides is 3. The van der Waals surface area contributed by atoms with Gasteiger partial charge in [-0.25, -0.2) is 0 Å². The lowest BCUT2D eigenvalue weighted by Crippen LogP contribution is -2.60. The van der Waals surface area contributed by atoms with E-state index in [1.165, 1.54) is 49.7 Å². The summed E-state index contributed by atoms with van der Waals surface area (Å²) in [6.07, 6.45) is 9.68. The Labute approximate surface area is 260 Å². The Bertz CT molecular complexity index is 1410. The van der Waals surface area contributed by atoms with Crippen LogP contribution in [0, 0.1) is 11.3 Å². The maximum Gasteiger partial charge on any atom is 0.256 e. The summed E-state index contributed by atoms with van der Waals surface area (Å²) in [5.74, 6) is 0.574. The zero-order chi connectivity index (χ0) is 31.5. The standard InChI is InChI=1S/C35H48N4O5/c1-26(40)36-18-20-37(21-19-36)33(43)30-23-39(32(42)22-29(30)28-12-8-5-9-13-28)25-35(44)16-17-38(24-34(35,2)3)31(41)15-14-27-10-6-4-7-11-27/h5,8-9,12-13,22-23,27,44H,4,6-7,10-11,14-21,24-25H2,1-3H3. The number of rotatable bonds is 7. The number of piperidine rings is 1. The molecule has 1 atom stereocenters. The fourth-order valence-corrected chi connectivity index (χ4v) is 7.23. The van der Waals surface area contributed by atoms with Crippen LogP contribution in [0.4, 0.5) is 0 Å². The topological polar surface area (TPSA) is 103 Å². The predicted molar refractivity (Wildman–Crippen MR) is 170 cm³/mol. The van der Waals surface area contributed by atoms with E-state index in [0.717, 1.165) is 12.0 Å². The van der Waals surface area contributed by atoms with Crippen molar-refractivity contribution in [3.05, 3.63) is 58.5 Å². The molecule has 2 aromatic rings. The van der Waals surface area contributed by atoms with Crippen molar-refractivity contribution in [2.45, 2.75) is 84.3 Å². The van der Waals surface area contributed by atoms with Gasteiger partial charge >= 0.3 is 0 Å². The number of benzene rings is 1. The van der Waals surface area contributed by atoms with Crippen LogP contribution in [-0.2, 0) is 16.1 Å². The molecular weight excluding hydrogens is 556 g/mol.